The standard InChI is InChI=1S/C19H27NO6/c1-18(2)22-10-13(24-18)14-15(16-17(23-14)26-19(3,4)25-16)21-9-11-5-7-12(20)8-6-11/h5-8,13-17H,9-10,20H2,1-4H3/t13-,14-,15+,16?,17?/m1/s1. The number of ether oxygens (including phenoxy) is 6. The van der Waals surface area contributed by atoms with Gasteiger partial charge in [0.2, 0.25) is 0 Å². The second-order valence-corrected chi connectivity index (χ2v) is 7.95. The summed E-state index contributed by atoms with van der Waals surface area (Å²) >= 11 is 0. The van der Waals surface area contributed by atoms with Crippen molar-refractivity contribution in [2.24, 2.45) is 0 Å². The maximum Gasteiger partial charge on any atom is 0.190 e. The molecule has 2 unspecified atom stereocenters. The molecule has 1 aromatic rings. The summed E-state index contributed by atoms with van der Waals surface area (Å²) in [5.74, 6) is -1.33. The summed E-state index contributed by atoms with van der Waals surface area (Å²) < 4.78 is 36.0. The number of hydrogen-bond donors (Lipinski definition) is 1. The first kappa shape index (κ1) is 18.2. The Bertz CT molecular complexity index is 646. The molecule has 3 saturated heterocycles. The van der Waals surface area contributed by atoms with E-state index in [4.69, 9.17) is 34.2 Å². The SMILES string of the molecule is CC1(C)OC2O[C@H]([C@H]3COC(C)(C)O3)[C@H](OCc3ccc(N)cc3)C2O1. The van der Waals surface area contributed by atoms with Crippen molar-refractivity contribution in [2.75, 3.05) is 12.3 Å². The number of benzene rings is 1. The molecular formula is C19H27NO6. The van der Waals surface area contributed by atoms with Gasteiger partial charge in [-0.3, -0.25) is 0 Å². The Labute approximate surface area is 153 Å². The van der Waals surface area contributed by atoms with Crippen LogP contribution in [0.3, 0.4) is 0 Å². The van der Waals surface area contributed by atoms with Gasteiger partial charge in [-0.2, -0.15) is 0 Å². The van der Waals surface area contributed by atoms with Gasteiger partial charge < -0.3 is 34.2 Å². The van der Waals surface area contributed by atoms with E-state index in [-0.39, 0.29) is 24.4 Å². The molecule has 0 radical (unpaired) electrons. The normalized spacial score (nSPS) is 37.8. The molecule has 144 valence electrons. The lowest BCUT2D eigenvalue weighted by Crippen LogP contribution is -2.44. The maximum atomic E-state index is 6.22. The van der Waals surface area contributed by atoms with Gasteiger partial charge >= 0.3 is 0 Å². The van der Waals surface area contributed by atoms with Gasteiger partial charge in [-0.15, -0.1) is 0 Å². The van der Waals surface area contributed by atoms with Crippen molar-refractivity contribution in [1.29, 1.82) is 0 Å². The minimum Gasteiger partial charge on any atom is -0.399 e. The highest BCUT2D eigenvalue weighted by molar-refractivity contribution is 5.39. The largest absolute Gasteiger partial charge is 0.399 e. The van der Waals surface area contributed by atoms with Crippen LogP contribution in [0.5, 0.6) is 0 Å². The molecule has 3 fully saturated rings. The zero-order valence-electron chi connectivity index (χ0n) is 15.6. The van der Waals surface area contributed by atoms with E-state index in [0.717, 1.165) is 11.3 Å². The number of fused-ring (bicyclic) bond motifs is 1. The van der Waals surface area contributed by atoms with E-state index in [1.54, 1.807) is 0 Å². The summed E-state index contributed by atoms with van der Waals surface area (Å²) in [6.45, 7) is 8.40. The van der Waals surface area contributed by atoms with Crippen molar-refractivity contribution >= 4 is 5.69 Å². The third-order valence-electron chi connectivity index (χ3n) is 4.85. The summed E-state index contributed by atoms with van der Waals surface area (Å²) in [5, 5.41) is 0. The Morgan fingerprint density at radius 3 is 2.38 bits per heavy atom. The molecule has 0 aliphatic carbocycles. The summed E-state index contributed by atoms with van der Waals surface area (Å²) in [5.41, 5.74) is 7.50. The average molecular weight is 365 g/mol. The molecule has 2 N–H and O–H groups in total. The molecule has 0 amide bonds. The van der Waals surface area contributed by atoms with Crippen LogP contribution in [-0.2, 0) is 35.0 Å². The first-order valence-corrected chi connectivity index (χ1v) is 9.01. The van der Waals surface area contributed by atoms with Crippen molar-refractivity contribution in [2.45, 2.75) is 76.6 Å². The topological polar surface area (TPSA) is 81.4 Å². The molecule has 0 spiro atoms. The molecule has 3 heterocycles. The molecule has 3 aliphatic heterocycles. The summed E-state index contributed by atoms with van der Waals surface area (Å²) in [7, 11) is 0. The monoisotopic (exact) mass is 365 g/mol. The predicted molar refractivity (Wildman–Crippen MR) is 93.0 cm³/mol. The zero-order valence-corrected chi connectivity index (χ0v) is 15.6. The number of nitrogen functional groups attached to an aromatic ring is 1. The van der Waals surface area contributed by atoms with Crippen LogP contribution in [0.25, 0.3) is 0 Å². The van der Waals surface area contributed by atoms with Gasteiger partial charge in [0.05, 0.1) is 13.2 Å². The van der Waals surface area contributed by atoms with Crippen LogP contribution in [0, 0.1) is 0 Å². The molecule has 0 bridgehead atoms. The molecule has 4 rings (SSSR count). The van der Waals surface area contributed by atoms with E-state index in [9.17, 15) is 0 Å². The van der Waals surface area contributed by atoms with Gasteiger partial charge in [0, 0.05) is 5.69 Å². The highest BCUT2D eigenvalue weighted by Gasteiger charge is 2.58. The molecule has 26 heavy (non-hydrogen) atoms. The van der Waals surface area contributed by atoms with Crippen molar-refractivity contribution < 1.29 is 28.4 Å². The molecule has 0 aromatic heterocycles. The molecule has 7 nitrogen and oxygen atoms in total. The fourth-order valence-electron chi connectivity index (χ4n) is 3.68. The van der Waals surface area contributed by atoms with E-state index in [1.807, 2.05) is 52.0 Å². The minimum absolute atomic E-state index is 0.234. The molecule has 0 saturated carbocycles. The van der Waals surface area contributed by atoms with Gasteiger partial charge in [-0.05, 0) is 45.4 Å². The summed E-state index contributed by atoms with van der Waals surface area (Å²) in [4.78, 5) is 0. The van der Waals surface area contributed by atoms with Crippen LogP contribution in [0.4, 0.5) is 5.69 Å². The van der Waals surface area contributed by atoms with E-state index >= 15 is 0 Å². The number of anilines is 1. The lowest BCUT2D eigenvalue weighted by atomic mass is 10.1. The second-order valence-electron chi connectivity index (χ2n) is 7.95. The van der Waals surface area contributed by atoms with Gasteiger partial charge in [0.25, 0.3) is 0 Å². The number of hydrogen-bond acceptors (Lipinski definition) is 7. The fourth-order valence-corrected chi connectivity index (χ4v) is 3.68. The minimum atomic E-state index is -0.699. The quantitative estimate of drug-likeness (QED) is 0.819. The van der Waals surface area contributed by atoms with Gasteiger partial charge in [-0.25, -0.2) is 0 Å². The molecule has 3 aliphatic rings. The highest BCUT2D eigenvalue weighted by atomic mass is 16.8. The van der Waals surface area contributed by atoms with Gasteiger partial charge in [0.1, 0.15) is 24.4 Å². The fraction of sp³-hybridized carbons (Fsp3) is 0.684. The smallest absolute Gasteiger partial charge is 0.190 e. The van der Waals surface area contributed by atoms with Crippen LogP contribution in [0.1, 0.15) is 33.3 Å². The van der Waals surface area contributed by atoms with Gasteiger partial charge in [-0.1, -0.05) is 12.1 Å². The maximum absolute atomic E-state index is 6.22. The third-order valence-corrected chi connectivity index (χ3v) is 4.85. The Balaban J connectivity index is 1.49. The molecule has 1 aromatic carbocycles. The van der Waals surface area contributed by atoms with E-state index in [1.165, 1.54) is 0 Å². The zero-order chi connectivity index (χ0) is 18.5. The Kier molecular flexibility index (Phi) is 4.50. The average Bonchev–Trinajstić information content (AvgIpc) is 3.16. The second kappa shape index (κ2) is 6.44. The lowest BCUT2D eigenvalue weighted by Gasteiger charge is -2.29. The Morgan fingerprint density at radius 1 is 1.00 bits per heavy atom. The predicted octanol–water partition coefficient (Wildman–Crippen LogP) is 2.18. The number of nitrogens with two attached hydrogens (primary N) is 1. The highest BCUT2D eigenvalue weighted by Crippen LogP contribution is 2.42. The van der Waals surface area contributed by atoms with Crippen molar-refractivity contribution in [3.05, 3.63) is 29.8 Å². The Morgan fingerprint density at radius 2 is 1.73 bits per heavy atom. The van der Waals surface area contributed by atoms with Crippen LogP contribution >= 0.6 is 0 Å². The molecule has 5 atom stereocenters. The van der Waals surface area contributed by atoms with E-state index in [0.29, 0.717) is 13.2 Å². The Hall–Kier alpha value is -1.22. The first-order chi connectivity index (χ1) is 12.2. The lowest BCUT2D eigenvalue weighted by molar-refractivity contribution is -0.236. The van der Waals surface area contributed by atoms with Crippen LogP contribution in [0.2, 0.25) is 0 Å². The van der Waals surface area contributed by atoms with Crippen LogP contribution < -0.4 is 5.73 Å². The van der Waals surface area contributed by atoms with E-state index < -0.39 is 17.9 Å². The van der Waals surface area contributed by atoms with Crippen molar-refractivity contribution in [3.8, 4) is 0 Å². The molecular weight excluding hydrogens is 338 g/mol. The van der Waals surface area contributed by atoms with Crippen LogP contribution in [-0.4, -0.2) is 48.9 Å². The van der Waals surface area contributed by atoms with Gasteiger partial charge in [0.15, 0.2) is 17.9 Å². The van der Waals surface area contributed by atoms with E-state index in [2.05, 4.69) is 0 Å². The summed E-state index contributed by atoms with van der Waals surface area (Å²) in [6.07, 6.45) is -1.66. The first-order valence-electron chi connectivity index (χ1n) is 9.01. The number of rotatable bonds is 4. The van der Waals surface area contributed by atoms with Crippen molar-refractivity contribution in [1.82, 2.24) is 0 Å². The molecule has 7 heteroatoms. The van der Waals surface area contributed by atoms with Crippen LogP contribution in [0.15, 0.2) is 24.3 Å². The third kappa shape index (κ3) is 3.60. The van der Waals surface area contributed by atoms with Crippen molar-refractivity contribution in [3.63, 3.8) is 0 Å². The summed E-state index contributed by atoms with van der Waals surface area (Å²) in [6, 6.07) is 7.62.